The van der Waals surface area contributed by atoms with Crippen molar-refractivity contribution in [3.05, 3.63) is 0 Å². The van der Waals surface area contributed by atoms with E-state index in [-0.39, 0.29) is 0 Å². The standard InChI is InChI=1S/C16H33N/c1-13(2)9-7-8-12-17-16-11-6-5-10-15(16)14(3)4/h13-17H,5-12H2,1-4H3. The molecular weight excluding hydrogens is 206 g/mol. The highest BCUT2D eigenvalue weighted by Crippen LogP contribution is 2.30. The Kier molecular flexibility index (Phi) is 7.18. The zero-order chi connectivity index (χ0) is 12.7. The van der Waals surface area contributed by atoms with Crippen LogP contribution in [0.1, 0.15) is 72.6 Å². The van der Waals surface area contributed by atoms with Gasteiger partial charge in [-0.3, -0.25) is 0 Å². The van der Waals surface area contributed by atoms with Gasteiger partial charge in [-0.15, -0.1) is 0 Å². The first kappa shape index (κ1) is 15.0. The largest absolute Gasteiger partial charge is 0.314 e. The van der Waals surface area contributed by atoms with Gasteiger partial charge in [0.1, 0.15) is 0 Å². The van der Waals surface area contributed by atoms with E-state index in [4.69, 9.17) is 0 Å². The first-order chi connectivity index (χ1) is 8.11. The van der Waals surface area contributed by atoms with Gasteiger partial charge >= 0.3 is 0 Å². The van der Waals surface area contributed by atoms with Gasteiger partial charge in [-0.05, 0) is 43.6 Å². The summed E-state index contributed by atoms with van der Waals surface area (Å²) >= 11 is 0. The van der Waals surface area contributed by atoms with E-state index >= 15 is 0 Å². The predicted molar refractivity (Wildman–Crippen MR) is 77.3 cm³/mol. The van der Waals surface area contributed by atoms with Gasteiger partial charge in [-0.1, -0.05) is 53.4 Å². The molecular formula is C16H33N. The Balaban J connectivity index is 2.15. The van der Waals surface area contributed by atoms with Gasteiger partial charge in [0.15, 0.2) is 0 Å². The molecule has 0 aromatic carbocycles. The van der Waals surface area contributed by atoms with E-state index in [9.17, 15) is 0 Å². The van der Waals surface area contributed by atoms with Crippen LogP contribution >= 0.6 is 0 Å². The van der Waals surface area contributed by atoms with Crippen molar-refractivity contribution in [1.82, 2.24) is 5.32 Å². The fourth-order valence-corrected chi connectivity index (χ4v) is 3.18. The average molecular weight is 239 g/mol. The molecule has 0 spiro atoms. The van der Waals surface area contributed by atoms with Crippen LogP contribution in [0.4, 0.5) is 0 Å². The molecule has 1 aliphatic carbocycles. The molecule has 1 aliphatic rings. The van der Waals surface area contributed by atoms with Crippen molar-refractivity contribution in [2.24, 2.45) is 17.8 Å². The van der Waals surface area contributed by atoms with Crippen LogP contribution in [-0.4, -0.2) is 12.6 Å². The van der Waals surface area contributed by atoms with E-state index in [1.807, 2.05) is 0 Å². The Labute approximate surface area is 109 Å². The molecule has 0 heterocycles. The van der Waals surface area contributed by atoms with Gasteiger partial charge in [0.05, 0.1) is 0 Å². The molecule has 0 bridgehead atoms. The molecule has 1 saturated carbocycles. The summed E-state index contributed by atoms with van der Waals surface area (Å²) < 4.78 is 0. The van der Waals surface area contributed by atoms with Crippen LogP contribution in [0, 0.1) is 17.8 Å². The maximum Gasteiger partial charge on any atom is 0.00977 e. The molecule has 17 heavy (non-hydrogen) atoms. The Hall–Kier alpha value is -0.0400. The Bertz CT molecular complexity index is 186. The van der Waals surface area contributed by atoms with E-state index in [1.54, 1.807) is 0 Å². The van der Waals surface area contributed by atoms with Crippen LogP contribution < -0.4 is 5.32 Å². The monoisotopic (exact) mass is 239 g/mol. The highest BCUT2D eigenvalue weighted by Gasteiger charge is 2.26. The fourth-order valence-electron chi connectivity index (χ4n) is 3.18. The molecule has 0 saturated heterocycles. The van der Waals surface area contributed by atoms with Crippen LogP contribution in [-0.2, 0) is 0 Å². The molecule has 1 rings (SSSR count). The molecule has 1 fully saturated rings. The lowest BCUT2D eigenvalue weighted by Crippen LogP contribution is -2.41. The SMILES string of the molecule is CC(C)CCCCNC1CCCCC1C(C)C. The second kappa shape index (κ2) is 8.13. The summed E-state index contributed by atoms with van der Waals surface area (Å²) in [6.45, 7) is 10.7. The second-order valence-electron chi connectivity index (χ2n) is 6.64. The highest BCUT2D eigenvalue weighted by molar-refractivity contribution is 4.82. The first-order valence-corrected chi connectivity index (χ1v) is 7.84. The van der Waals surface area contributed by atoms with E-state index < -0.39 is 0 Å². The molecule has 1 nitrogen and oxygen atoms in total. The first-order valence-electron chi connectivity index (χ1n) is 7.84. The molecule has 0 radical (unpaired) electrons. The second-order valence-corrected chi connectivity index (χ2v) is 6.64. The lowest BCUT2D eigenvalue weighted by Gasteiger charge is -2.35. The van der Waals surface area contributed by atoms with E-state index in [0.29, 0.717) is 0 Å². The zero-order valence-electron chi connectivity index (χ0n) is 12.5. The van der Waals surface area contributed by atoms with Crippen molar-refractivity contribution in [1.29, 1.82) is 0 Å². The maximum atomic E-state index is 3.83. The van der Waals surface area contributed by atoms with Crippen molar-refractivity contribution in [2.45, 2.75) is 78.7 Å². The van der Waals surface area contributed by atoms with Crippen molar-refractivity contribution in [2.75, 3.05) is 6.54 Å². The van der Waals surface area contributed by atoms with Crippen molar-refractivity contribution in [3.8, 4) is 0 Å². The number of hydrogen-bond acceptors (Lipinski definition) is 1. The molecule has 1 heteroatoms. The average Bonchev–Trinajstić information content (AvgIpc) is 2.28. The van der Waals surface area contributed by atoms with E-state index in [2.05, 4.69) is 33.0 Å². The van der Waals surface area contributed by atoms with Gasteiger partial charge in [-0.25, -0.2) is 0 Å². The quantitative estimate of drug-likeness (QED) is 0.639. The molecule has 102 valence electrons. The summed E-state index contributed by atoms with van der Waals surface area (Å²) in [4.78, 5) is 0. The van der Waals surface area contributed by atoms with Gasteiger partial charge in [0, 0.05) is 6.04 Å². The summed E-state index contributed by atoms with van der Waals surface area (Å²) in [6.07, 6.45) is 9.89. The van der Waals surface area contributed by atoms with Gasteiger partial charge in [0.2, 0.25) is 0 Å². The van der Waals surface area contributed by atoms with Crippen LogP contribution in [0.3, 0.4) is 0 Å². The van der Waals surface area contributed by atoms with E-state index in [1.165, 1.54) is 51.5 Å². The third-order valence-corrected chi connectivity index (χ3v) is 4.29. The van der Waals surface area contributed by atoms with Crippen molar-refractivity contribution in [3.63, 3.8) is 0 Å². The smallest absolute Gasteiger partial charge is 0.00977 e. The minimum atomic E-state index is 0.808. The Morgan fingerprint density at radius 3 is 2.35 bits per heavy atom. The molecule has 2 unspecified atom stereocenters. The van der Waals surface area contributed by atoms with Crippen LogP contribution in [0.5, 0.6) is 0 Å². The van der Waals surface area contributed by atoms with E-state index in [0.717, 1.165) is 23.8 Å². The van der Waals surface area contributed by atoms with Gasteiger partial charge < -0.3 is 5.32 Å². The lowest BCUT2D eigenvalue weighted by atomic mass is 9.78. The lowest BCUT2D eigenvalue weighted by molar-refractivity contribution is 0.205. The molecule has 0 aromatic heterocycles. The summed E-state index contributed by atoms with van der Waals surface area (Å²) in [5.74, 6) is 2.64. The predicted octanol–water partition coefficient (Wildman–Crippen LogP) is 4.62. The Morgan fingerprint density at radius 2 is 1.71 bits per heavy atom. The molecule has 2 atom stereocenters. The topological polar surface area (TPSA) is 12.0 Å². The van der Waals surface area contributed by atoms with Gasteiger partial charge in [-0.2, -0.15) is 0 Å². The normalized spacial score (nSPS) is 25.8. The minimum absolute atomic E-state index is 0.808. The number of unbranched alkanes of at least 4 members (excludes halogenated alkanes) is 1. The fraction of sp³-hybridized carbons (Fsp3) is 1.00. The third-order valence-electron chi connectivity index (χ3n) is 4.29. The maximum absolute atomic E-state index is 3.83. The molecule has 0 aliphatic heterocycles. The summed E-state index contributed by atoms with van der Waals surface area (Å²) in [7, 11) is 0. The molecule has 0 aromatic rings. The summed E-state index contributed by atoms with van der Waals surface area (Å²) in [6, 6.07) is 0.808. The van der Waals surface area contributed by atoms with Crippen LogP contribution in [0.25, 0.3) is 0 Å². The number of hydrogen-bond donors (Lipinski definition) is 1. The molecule has 0 amide bonds. The van der Waals surface area contributed by atoms with Crippen LogP contribution in [0.15, 0.2) is 0 Å². The molecule has 1 N–H and O–H groups in total. The minimum Gasteiger partial charge on any atom is -0.314 e. The Morgan fingerprint density at radius 1 is 1.00 bits per heavy atom. The summed E-state index contributed by atoms with van der Waals surface area (Å²) in [5, 5.41) is 3.83. The van der Waals surface area contributed by atoms with Crippen LogP contribution in [0.2, 0.25) is 0 Å². The summed E-state index contributed by atoms with van der Waals surface area (Å²) in [5.41, 5.74) is 0. The number of nitrogens with one attached hydrogen (secondary N) is 1. The number of rotatable bonds is 7. The van der Waals surface area contributed by atoms with Crippen molar-refractivity contribution < 1.29 is 0 Å². The third kappa shape index (κ3) is 5.90. The highest BCUT2D eigenvalue weighted by atomic mass is 14.9. The van der Waals surface area contributed by atoms with Gasteiger partial charge in [0.25, 0.3) is 0 Å². The van der Waals surface area contributed by atoms with Crippen molar-refractivity contribution >= 4 is 0 Å². The zero-order valence-corrected chi connectivity index (χ0v) is 12.5.